The molecular weight excluding hydrogens is 286 g/mol. The van der Waals surface area contributed by atoms with Crippen LogP contribution in [0.4, 0.5) is 5.69 Å². The van der Waals surface area contributed by atoms with E-state index in [1.165, 1.54) is 0 Å². The Bertz CT molecular complexity index is 550. The van der Waals surface area contributed by atoms with Crippen LogP contribution in [0.5, 0.6) is 5.75 Å². The Morgan fingerprint density at radius 1 is 1.23 bits per heavy atom. The normalized spacial score (nSPS) is 16.9. The molecule has 8 nitrogen and oxygen atoms in total. The highest BCUT2D eigenvalue weighted by molar-refractivity contribution is 5.85. The maximum atomic E-state index is 10.8. The van der Waals surface area contributed by atoms with Crippen LogP contribution in [0.1, 0.15) is 0 Å². The minimum absolute atomic E-state index is 0.195. The number of anilines is 1. The molecule has 1 saturated heterocycles. The minimum atomic E-state index is -1.30. The van der Waals surface area contributed by atoms with Crippen molar-refractivity contribution in [1.82, 2.24) is 10.3 Å². The second-order valence-electron chi connectivity index (χ2n) is 5.08. The van der Waals surface area contributed by atoms with Crippen molar-refractivity contribution in [3.05, 3.63) is 35.8 Å². The van der Waals surface area contributed by atoms with Crippen molar-refractivity contribution in [1.29, 1.82) is 0 Å². The summed E-state index contributed by atoms with van der Waals surface area (Å²) in [5, 5.41) is 8.83. The van der Waals surface area contributed by atoms with Gasteiger partial charge in [-0.3, -0.25) is 5.43 Å². The standard InChI is InChI=1S/C14H21N5O3/c1-18-6-8-19(9-7-18)10-2-4-11(5-3-10)22-13(17-16)12(15)14(20)21/h2-5,17H,6-9,15-16H2,1H3,(H,20,21)/b13-12+. The van der Waals surface area contributed by atoms with Gasteiger partial charge in [0.25, 0.3) is 0 Å². The van der Waals surface area contributed by atoms with Gasteiger partial charge in [0.05, 0.1) is 0 Å². The number of carboxylic acid groups (broad SMARTS) is 1. The summed E-state index contributed by atoms with van der Waals surface area (Å²) in [4.78, 5) is 15.4. The van der Waals surface area contributed by atoms with Gasteiger partial charge in [0.2, 0.25) is 5.88 Å². The van der Waals surface area contributed by atoms with Gasteiger partial charge < -0.3 is 25.4 Å². The van der Waals surface area contributed by atoms with Gasteiger partial charge in [0.1, 0.15) is 5.75 Å². The number of hydrazine groups is 1. The number of likely N-dealkylation sites (N-methyl/N-ethyl adjacent to an activating group) is 1. The number of carboxylic acids is 1. The zero-order chi connectivity index (χ0) is 16.1. The van der Waals surface area contributed by atoms with E-state index < -0.39 is 11.7 Å². The number of nitrogens with one attached hydrogen (secondary N) is 1. The van der Waals surface area contributed by atoms with E-state index in [1.54, 1.807) is 12.1 Å². The van der Waals surface area contributed by atoms with Crippen molar-refractivity contribution in [3.8, 4) is 5.75 Å². The summed E-state index contributed by atoms with van der Waals surface area (Å²) in [5.74, 6) is 4.19. The molecule has 1 heterocycles. The fraction of sp³-hybridized carbons (Fsp3) is 0.357. The Kier molecular flexibility index (Phi) is 5.08. The Balaban J connectivity index is 2.06. The first kappa shape index (κ1) is 15.9. The lowest BCUT2D eigenvalue weighted by molar-refractivity contribution is -0.132. The molecule has 0 amide bonds. The third-order valence-electron chi connectivity index (χ3n) is 3.53. The first-order valence-electron chi connectivity index (χ1n) is 6.92. The number of aliphatic carboxylic acids is 1. The molecular formula is C14H21N5O3. The van der Waals surface area contributed by atoms with Crippen molar-refractivity contribution in [2.75, 3.05) is 38.1 Å². The number of rotatable bonds is 5. The highest BCUT2D eigenvalue weighted by Crippen LogP contribution is 2.21. The second kappa shape index (κ2) is 7.01. The second-order valence-corrected chi connectivity index (χ2v) is 5.08. The topological polar surface area (TPSA) is 117 Å². The lowest BCUT2D eigenvalue weighted by Gasteiger charge is -2.34. The number of hydrogen-bond donors (Lipinski definition) is 4. The van der Waals surface area contributed by atoms with Crippen molar-refractivity contribution >= 4 is 11.7 Å². The van der Waals surface area contributed by atoms with E-state index in [0.717, 1.165) is 31.9 Å². The summed E-state index contributed by atoms with van der Waals surface area (Å²) >= 11 is 0. The fourth-order valence-corrected chi connectivity index (χ4v) is 2.17. The summed E-state index contributed by atoms with van der Waals surface area (Å²) in [7, 11) is 2.11. The third-order valence-corrected chi connectivity index (χ3v) is 3.53. The van der Waals surface area contributed by atoms with E-state index in [2.05, 4.69) is 22.3 Å². The van der Waals surface area contributed by atoms with Crippen LogP contribution in [0.25, 0.3) is 0 Å². The molecule has 0 spiro atoms. The van der Waals surface area contributed by atoms with Crippen LogP contribution in [0.3, 0.4) is 0 Å². The van der Waals surface area contributed by atoms with Crippen molar-refractivity contribution in [2.45, 2.75) is 0 Å². The monoisotopic (exact) mass is 307 g/mol. The van der Waals surface area contributed by atoms with Crippen molar-refractivity contribution in [3.63, 3.8) is 0 Å². The molecule has 8 heteroatoms. The van der Waals surface area contributed by atoms with Gasteiger partial charge in [0, 0.05) is 31.9 Å². The van der Waals surface area contributed by atoms with E-state index in [0.29, 0.717) is 5.75 Å². The summed E-state index contributed by atoms with van der Waals surface area (Å²) in [6.07, 6.45) is 0. The summed E-state index contributed by atoms with van der Waals surface area (Å²) < 4.78 is 5.36. The minimum Gasteiger partial charge on any atom is -0.476 e. The highest BCUT2D eigenvalue weighted by Gasteiger charge is 2.15. The van der Waals surface area contributed by atoms with E-state index in [-0.39, 0.29) is 5.88 Å². The van der Waals surface area contributed by atoms with Gasteiger partial charge in [-0.15, -0.1) is 0 Å². The Morgan fingerprint density at radius 3 is 2.32 bits per heavy atom. The van der Waals surface area contributed by atoms with Crippen LogP contribution in [0, 0.1) is 0 Å². The molecule has 1 aliphatic rings. The molecule has 1 aromatic rings. The molecule has 22 heavy (non-hydrogen) atoms. The largest absolute Gasteiger partial charge is 0.476 e. The molecule has 0 aromatic heterocycles. The number of ether oxygens (including phenoxy) is 1. The maximum absolute atomic E-state index is 10.8. The van der Waals surface area contributed by atoms with Gasteiger partial charge >= 0.3 is 5.97 Å². The zero-order valence-corrected chi connectivity index (χ0v) is 12.5. The molecule has 0 bridgehead atoms. The average Bonchev–Trinajstić information content (AvgIpc) is 2.53. The third kappa shape index (κ3) is 3.80. The number of nitrogens with zero attached hydrogens (tertiary/aromatic N) is 2. The van der Waals surface area contributed by atoms with Gasteiger partial charge in [-0.2, -0.15) is 0 Å². The molecule has 1 aliphatic heterocycles. The van der Waals surface area contributed by atoms with Gasteiger partial charge in [-0.25, -0.2) is 10.6 Å². The number of benzene rings is 1. The van der Waals surface area contributed by atoms with Gasteiger partial charge in [0.15, 0.2) is 5.70 Å². The quantitative estimate of drug-likeness (QED) is 0.249. The molecule has 120 valence electrons. The first-order valence-corrected chi connectivity index (χ1v) is 6.92. The molecule has 1 aromatic carbocycles. The van der Waals surface area contributed by atoms with Crippen LogP contribution in [0.15, 0.2) is 35.8 Å². The number of nitrogens with two attached hydrogens (primary N) is 2. The Morgan fingerprint density at radius 2 is 1.82 bits per heavy atom. The van der Waals surface area contributed by atoms with E-state index in [9.17, 15) is 4.79 Å². The molecule has 0 radical (unpaired) electrons. The Hall–Kier alpha value is -2.45. The smallest absolute Gasteiger partial charge is 0.357 e. The van der Waals surface area contributed by atoms with Crippen LogP contribution in [0.2, 0.25) is 0 Å². The van der Waals surface area contributed by atoms with Crippen LogP contribution in [-0.4, -0.2) is 49.2 Å². The average molecular weight is 307 g/mol. The predicted molar refractivity (Wildman–Crippen MR) is 83.0 cm³/mol. The van der Waals surface area contributed by atoms with E-state index in [1.807, 2.05) is 12.1 Å². The van der Waals surface area contributed by atoms with E-state index >= 15 is 0 Å². The lowest BCUT2D eigenvalue weighted by atomic mass is 10.2. The van der Waals surface area contributed by atoms with Crippen molar-refractivity contribution in [2.24, 2.45) is 11.6 Å². The maximum Gasteiger partial charge on any atom is 0.357 e. The zero-order valence-electron chi connectivity index (χ0n) is 12.5. The lowest BCUT2D eigenvalue weighted by Crippen LogP contribution is -2.44. The number of piperazine rings is 1. The molecule has 6 N–H and O–H groups in total. The molecule has 0 unspecified atom stereocenters. The Labute approximate surface area is 128 Å². The van der Waals surface area contributed by atoms with Crippen LogP contribution >= 0.6 is 0 Å². The van der Waals surface area contributed by atoms with Gasteiger partial charge in [-0.05, 0) is 31.3 Å². The molecule has 0 atom stereocenters. The molecule has 2 rings (SSSR count). The highest BCUT2D eigenvalue weighted by atomic mass is 16.5. The van der Waals surface area contributed by atoms with Crippen LogP contribution < -0.4 is 26.6 Å². The number of hydrogen-bond acceptors (Lipinski definition) is 7. The number of carbonyl (C=O) groups is 1. The van der Waals surface area contributed by atoms with Crippen LogP contribution in [-0.2, 0) is 4.79 Å². The SMILES string of the molecule is CN1CCN(c2ccc(O/C(NN)=C(/N)C(=O)O)cc2)CC1. The summed E-state index contributed by atoms with van der Waals surface area (Å²) in [6, 6.07) is 7.34. The summed E-state index contributed by atoms with van der Waals surface area (Å²) in [6.45, 7) is 3.99. The van der Waals surface area contributed by atoms with E-state index in [4.69, 9.17) is 21.4 Å². The molecule has 1 fully saturated rings. The summed E-state index contributed by atoms with van der Waals surface area (Å²) in [5.41, 5.74) is 8.14. The van der Waals surface area contributed by atoms with Crippen molar-refractivity contribution < 1.29 is 14.6 Å². The molecule has 0 aliphatic carbocycles. The molecule has 0 saturated carbocycles. The fourth-order valence-electron chi connectivity index (χ4n) is 2.17. The first-order chi connectivity index (χ1) is 10.5. The van der Waals surface area contributed by atoms with Gasteiger partial charge in [-0.1, -0.05) is 0 Å². The predicted octanol–water partition coefficient (Wildman–Crippen LogP) is -0.507.